The summed E-state index contributed by atoms with van der Waals surface area (Å²) in [4.78, 5) is -0.168. The Hall–Kier alpha value is -1.07. The summed E-state index contributed by atoms with van der Waals surface area (Å²) < 4.78 is 30.8. The quantitative estimate of drug-likeness (QED) is 0.538. The zero-order valence-electron chi connectivity index (χ0n) is 7.53. The van der Waals surface area contributed by atoms with Crippen molar-refractivity contribution in [2.75, 3.05) is 5.73 Å². The molecular formula is C9H11NO3S. The predicted molar refractivity (Wildman–Crippen MR) is 52.7 cm³/mol. The Labute approximate surface area is 82.5 Å². The van der Waals surface area contributed by atoms with Gasteiger partial charge in [-0.3, -0.25) is 4.55 Å². The number of nitrogen functional groups attached to an aromatic ring is 1. The number of anilines is 1. The van der Waals surface area contributed by atoms with Crippen molar-refractivity contribution in [2.24, 2.45) is 0 Å². The van der Waals surface area contributed by atoms with Crippen molar-refractivity contribution in [3.05, 3.63) is 23.3 Å². The van der Waals surface area contributed by atoms with Gasteiger partial charge in [0.25, 0.3) is 10.1 Å². The van der Waals surface area contributed by atoms with Gasteiger partial charge in [-0.2, -0.15) is 8.42 Å². The second-order valence-electron chi connectivity index (χ2n) is 3.49. The maximum Gasteiger partial charge on any atom is 0.296 e. The molecule has 0 fully saturated rings. The fourth-order valence-electron chi connectivity index (χ4n) is 1.84. The van der Waals surface area contributed by atoms with E-state index in [1.54, 1.807) is 6.07 Å². The van der Waals surface area contributed by atoms with Gasteiger partial charge in [0, 0.05) is 0 Å². The molecule has 3 N–H and O–H groups in total. The van der Waals surface area contributed by atoms with Crippen LogP contribution in [0.25, 0.3) is 0 Å². The maximum absolute atomic E-state index is 10.9. The molecule has 0 bridgehead atoms. The van der Waals surface area contributed by atoms with Gasteiger partial charge in [0.2, 0.25) is 0 Å². The fraction of sp³-hybridized carbons (Fsp3) is 0.333. The molecule has 0 heterocycles. The first-order valence-corrected chi connectivity index (χ1v) is 5.81. The molecule has 0 aliphatic heterocycles. The molecule has 5 heteroatoms. The minimum absolute atomic E-state index is 0.133. The summed E-state index contributed by atoms with van der Waals surface area (Å²) in [6.45, 7) is 0. The number of benzene rings is 1. The van der Waals surface area contributed by atoms with Gasteiger partial charge < -0.3 is 5.73 Å². The van der Waals surface area contributed by atoms with E-state index >= 15 is 0 Å². The lowest BCUT2D eigenvalue weighted by molar-refractivity contribution is 0.483. The number of nitrogens with two attached hydrogens (primary N) is 1. The number of rotatable bonds is 1. The van der Waals surface area contributed by atoms with Crippen molar-refractivity contribution in [1.82, 2.24) is 0 Å². The van der Waals surface area contributed by atoms with Gasteiger partial charge in [0.15, 0.2) is 0 Å². The van der Waals surface area contributed by atoms with Crippen LogP contribution in [0.4, 0.5) is 5.69 Å². The first-order valence-electron chi connectivity index (χ1n) is 4.37. The van der Waals surface area contributed by atoms with Gasteiger partial charge in [0.05, 0.1) is 5.69 Å². The molecule has 14 heavy (non-hydrogen) atoms. The highest BCUT2D eigenvalue weighted by Crippen LogP contribution is 2.29. The van der Waals surface area contributed by atoms with Crippen LogP contribution in [-0.4, -0.2) is 13.0 Å². The van der Waals surface area contributed by atoms with Crippen molar-refractivity contribution in [1.29, 1.82) is 0 Å². The summed E-state index contributed by atoms with van der Waals surface area (Å²) in [5, 5.41) is 0. The van der Waals surface area contributed by atoms with E-state index in [1.165, 1.54) is 6.07 Å². The molecule has 0 unspecified atom stereocenters. The summed E-state index contributed by atoms with van der Waals surface area (Å²) in [6.07, 6.45) is 2.81. The summed E-state index contributed by atoms with van der Waals surface area (Å²) in [5.41, 5.74) is 7.74. The van der Waals surface area contributed by atoms with E-state index in [-0.39, 0.29) is 10.6 Å². The van der Waals surface area contributed by atoms with E-state index in [0.717, 1.165) is 30.4 Å². The number of hydrogen-bond donors (Lipinski definition) is 2. The molecule has 1 aliphatic carbocycles. The highest BCUT2D eigenvalue weighted by atomic mass is 32.2. The van der Waals surface area contributed by atoms with Crippen LogP contribution < -0.4 is 5.73 Å². The Bertz CT molecular complexity index is 479. The lowest BCUT2D eigenvalue weighted by atomic mass is 10.1. The normalized spacial score (nSPS) is 15.5. The molecule has 2 rings (SSSR count). The van der Waals surface area contributed by atoms with Gasteiger partial charge in [0.1, 0.15) is 4.90 Å². The Morgan fingerprint density at radius 3 is 2.36 bits per heavy atom. The predicted octanol–water partition coefficient (Wildman–Crippen LogP) is 1.00. The molecule has 1 aromatic carbocycles. The molecule has 0 aromatic heterocycles. The van der Waals surface area contributed by atoms with Crippen LogP contribution >= 0.6 is 0 Å². The van der Waals surface area contributed by atoms with Crippen LogP contribution in [0.5, 0.6) is 0 Å². The van der Waals surface area contributed by atoms with Crippen LogP contribution in [0.2, 0.25) is 0 Å². The summed E-state index contributed by atoms with van der Waals surface area (Å²) in [5.74, 6) is 0. The molecule has 0 atom stereocenters. The minimum atomic E-state index is -4.18. The van der Waals surface area contributed by atoms with E-state index in [4.69, 9.17) is 10.3 Å². The van der Waals surface area contributed by atoms with Gasteiger partial charge in [-0.15, -0.1) is 0 Å². The lowest BCUT2D eigenvalue weighted by Gasteiger charge is -2.05. The molecule has 0 saturated carbocycles. The third-order valence-corrected chi connectivity index (χ3v) is 3.41. The minimum Gasteiger partial charge on any atom is -0.398 e. The van der Waals surface area contributed by atoms with Crippen LogP contribution in [-0.2, 0) is 23.0 Å². The van der Waals surface area contributed by atoms with E-state index in [0.29, 0.717) is 0 Å². The van der Waals surface area contributed by atoms with Crippen LogP contribution in [0.3, 0.4) is 0 Å². The standard InChI is InChI=1S/C9H11NO3S/c10-8-4-6-2-1-3-7(6)5-9(8)14(11,12)13/h4-5H,1-3,10H2,(H,11,12,13). The van der Waals surface area contributed by atoms with Crippen molar-refractivity contribution in [2.45, 2.75) is 24.2 Å². The van der Waals surface area contributed by atoms with Crippen LogP contribution in [0.1, 0.15) is 17.5 Å². The molecule has 1 aromatic rings. The summed E-state index contributed by atoms with van der Waals surface area (Å²) >= 11 is 0. The molecule has 0 spiro atoms. The van der Waals surface area contributed by atoms with Crippen LogP contribution in [0, 0.1) is 0 Å². The summed E-state index contributed by atoms with van der Waals surface area (Å²) in [6, 6.07) is 3.12. The summed E-state index contributed by atoms with van der Waals surface area (Å²) in [7, 11) is -4.18. The largest absolute Gasteiger partial charge is 0.398 e. The molecule has 0 radical (unpaired) electrons. The van der Waals surface area contributed by atoms with Crippen molar-refractivity contribution in [3.63, 3.8) is 0 Å². The van der Waals surface area contributed by atoms with Gasteiger partial charge in [-0.05, 0) is 42.5 Å². The Morgan fingerprint density at radius 2 is 1.79 bits per heavy atom. The maximum atomic E-state index is 10.9. The second-order valence-corrected chi connectivity index (χ2v) is 4.88. The van der Waals surface area contributed by atoms with E-state index in [1.807, 2.05) is 0 Å². The zero-order chi connectivity index (χ0) is 10.3. The first-order chi connectivity index (χ1) is 6.48. The molecule has 0 saturated heterocycles. The highest BCUT2D eigenvalue weighted by Gasteiger charge is 2.19. The topological polar surface area (TPSA) is 80.4 Å². The molecule has 76 valence electrons. The zero-order valence-corrected chi connectivity index (χ0v) is 8.34. The molecule has 1 aliphatic rings. The van der Waals surface area contributed by atoms with Gasteiger partial charge in [-0.25, -0.2) is 0 Å². The number of hydrogen-bond acceptors (Lipinski definition) is 3. The van der Waals surface area contributed by atoms with Crippen LogP contribution in [0.15, 0.2) is 17.0 Å². The third-order valence-electron chi connectivity index (χ3n) is 2.50. The lowest BCUT2D eigenvalue weighted by Crippen LogP contribution is -2.04. The third kappa shape index (κ3) is 1.49. The van der Waals surface area contributed by atoms with E-state index in [2.05, 4.69) is 0 Å². The molecule has 4 nitrogen and oxygen atoms in total. The van der Waals surface area contributed by atoms with Crippen molar-refractivity contribution in [3.8, 4) is 0 Å². The highest BCUT2D eigenvalue weighted by molar-refractivity contribution is 7.86. The fourth-order valence-corrected chi connectivity index (χ4v) is 2.49. The average molecular weight is 213 g/mol. The van der Waals surface area contributed by atoms with Gasteiger partial charge >= 0.3 is 0 Å². The smallest absolute Gasteiger partial charge is 0.296 e. The molecular weight excluding hydrogens is 202 g/mol. The SMILES string of the molecule is Nc1cc2c(cc1S(=O)(=O)O)CCC2. The molecule has 0 amide bonds. The average Bonchev–Trinajstić information content (AvgIpc) is 2.47. The second kappa shape index (κ2) is 2.96. The van der Waals surface area contributed by atoms with E-state index in [9.17, 15) is 8.42 Å². The van der Waals surface area contributed by atoms with Gasteiger partial charge in [-0.1, -0.05) is 0 Å². The van der Waals surface area contributed by atoms with Crippen molar-refractivity contribution >= 4 is 15.8 Å². The number of aryl methyl sites for hydroxylation is 2. The van der Waals surface area contributed by atoms with E-state index < -0.39 is 10.1 Å². The Balaban J connectivity index is 2.65. The number of fused-ring (bicyclic) bond motifs is 1. The Morgan fingerprint density at radius 1 is 1.21 bits per heavy atom. The first kappa shape index (κ1) is 9.48. The monoisotopic (exact) mass is 213 g/mol. The Kier molecular flexibility index (Phi) is 2.01. The van der Waals surface area contributed by atoms with Crippen molar-refractivity contribution < 1.29 is 13.0 Å².